The number of aliphatic hydroxyl groups is 3. The average Bonchev–Trinajstić information content (AvgIpc) is 1.03. The molecule has 0 aromatic carbocycles. The van der Waals surface area contributed by atoms with Gasteiger partial charge < -0.3 is 121 Å². The molecule has 0 saturated carbocycles. The normalized spacial score (nSPS) is 23.5. The number of rotatable bonds is 39. The molecular formula is C68H114N16O25. The van der Waals surface area contributed by atoms with Crippen LogP contribution in [0.15, 0.2) is 0 Å². The molecule has 2 saturated heterocycles. The van der Waals surface area contributed by atoms with E-state index in [-0.39, 0.29) is 71.1 Å². The maximum absolute atomic E-state index is 15.2. The summed E-state index contributed by atoms with van der Waals surface area (Å²) in [7, 11) is 1.08. The molecule has 2 aliphatic rings. The van der Waals surface area contributed by atoms with E-state index in [4.69, 9.17) is 38.1 Å². The molecule has 2 fully saturated rings. The second-order valence-electron chi connectivity index (χ2n) is 27.8. The van der Waals surface area contributed by atoms with Crippen molar-refractivity contribution >= 4 is 107 Å². The number of hydrogen-bond donors (Lipinski definition) is 19. The van der Waals surface area contributed by atoms with Gasteiger partial charge >= 0.3 is 17.9 Å². The highest BCUT2D eigenvalue weighted by molar-refractivity contribution is 6.02. The number of carboxylic acid groups (broad SMARTS) is 2. The predicted octanol–water partition coefficient (Wildman–Crippen LogP) is -6.73. The summed E-state index contributed by atoms with van der Waals surface area (Å²) in [4.78, 5) is 251. The summed E-state index contributed by atoms with van der Waals surface area (Å²) in [6.45, 7) is 10.3. The summed E-state index contributed by atoms with van der Waals surface area (Å²) in [5, 5.41) is 75.2. The van der Waals surface area contributed by atoms with Gasteiger partial charge in [0.1, 0.15) is 72.6 Å². The molecule has 616 valence electrons. The van der Waals surface area contributed by atoms with E-state index in [2.05, 4.69) is 47.9 Å². The molecule has 18 unspecified atom stereocenters. The highest BCUT2D eigenvalue weighted by Crippen LogP contribution is 2.24. The predicted molar refractivity (Wildman–Crippen MR) is 382 cm³/mol. The average molecular weight is 1560 g/mol. The second-order valence-corrected chi connectivity index (χ2v) is 27.8. The fourth-order valence-corrected chi connectivity index (χ4v) is 12.2. The van der Waals surface area contributed by atoms with Crippen molar-refractivity contribution in [3.63, 3.8) is 0 Å². The highest BCUT2D eigenvalue weighted by Gasteiger charge is 2.47. The van der Waals surface area contributed by atoms with E-state index in [1.807, 2.05) is 6.92 Å². The Labute approximate surface area is 630 Å². The Morgan fingerprint density at radius 3 is 1.80 bits per heavy atom. The van der Waals surface area contributed by atoms with E-state index in [0.717, 1.165) is 50.0 Å². The molecule has 41 nitrogen and oxygen atoms in total. The summed E-state index contributed by atoms with van der Waals surface area (Å²) in [6, 6.07) is -21.8. The van der Waals surface area contributed by atoms with E-state index >= 15 is 9.59 Å². The molecule has 2 aliphatic heterocycles. The summed E-state index contributed by atoms with van der Waals surface area (Å²) in [6.07, 6.45) is -12.9. The van der Waals surface area contributed by atoms with Crippen molar-refractivity contribution < 1.29 is 121 Å². The van der Waals surface area contributed by atoms with Crippen LogP contribution in [0.4, 0.5) is 0 Å². The topological polar surface area (TPSA) is 672 Å². The van der Waals surface area contributed by atoms with Gasteiger partial charge in [0.05, 0.1) is 25.0 Å². The van der Waals surface area contributed by atoms with Gasteiger partial charge in [0.2, 0.25) is 82.7 Å². The number of piperidine rings is 1. The van der Waals surface area contributed by atoms with Crippen molar-refractivity contribution in [2.45, 2.75) is 274 Å². The zero-order valence-electron chi connectivity index (χ0n) is 63.2. The number of cyclic esters (lactones) is 1. The largest absolute Gasteiger partial charge is 0.481 e. The zero-order chi connectivity index (χ0) is 82.9. The van der Waals surface area contributed by atoms with E-state index in [0.29, 0.717) is 12.8 Å². The van der Waals surface area contributed by atoms with Gasteiger partial charge in [0, 0.05) is 45.4 Å². The Hall–Kier alpha value is -9.74. The quantitative estimate of drug-likeness (QED) is 0.0201. The number of ether oxygens (including phenoxy) is 2. The molecule has 0 aromatic heterocycles. The maximum atomic E-state index is 15.2. The Morgan fingerprint density at radius 1 is 0.633 bits per heavy atom. The molecule has 0 spiro atoms. The summed E-state index contributed by atoms with van der Waals surface area (Å²) >= 11 is 0. The Kier molecular flexibility index (Phi) is 41.3. The molecule has 18 atom stereocenters. The molecule has 24 N–H and O–H groups in total. The van der Waals surface area contributed by atoms with Crippen LogP contribution in [0.2, 0.25) is 0 Å². The van der Waals surface area contributed by atoms with Crippen molar-refractivity contribution in [2.75, 3.05) is 26.7 Å². The minimum atomic E-state index is -2.75. The van der Waals surface area contributed by atoms with Gasteiger partial charge in [0.25, 0.3) is 5.91 Å². The standard InChI is InChI=1S/C68H114N16O25/c1-10-12-13-14-15-22-46(88)74-39(30-47(89)90)59(98)75-37(23-25-44(70)86)53(93)54(94)65(104)79-49(33(5)34(6)56(72)95)61(100)81-51-36(8)109-68(107)43-21-17-19-28-84(43)67(106)41(31-48(91)92)78-64(103)52(55(57(73)96)108-11-2)82-60(99)42(24-26-45(71)87)83(9)66(105)40(29-32(3)4)77-58(97)38(20-16-18-27-69)76-62(101)50(35(7)85)80-63(51)102/h32-43,49-55,85,93-94H,10-31,69H2,1-9H3,(H2,70,86)(H2,71,87)(H2,72,95)(H2,73,96)(H,74,88)(H,75,98)(H,76,101)(H,77,97)(H,78,103)(H,79,104)(H,80,102)(H,81,100)(H,82,99)(H,89,90)(H,91,92). The van der Waals surface area contributed by atoms with Crippen molar-refractivity contribution in [1.29, 1.82) is 0 Å². The van der Waals surface area contributed by atoms with E-state index in [9.17, 15) is 102 Å². The van der Waals surface area contributed by atoms with Crippen LogP contribution in [-0.4, -0.2) is 266 Å². The van der Waals surface area contributed by atoms with E-state index in [1.54, 1.807) is 13.8 Å². The summed E-state index contributed by atoms with van der Waals surface area (Å²) in [5.74, 6) is -26.9. The van der Waals surface area contributed by atoms with Crippen LogP contribution in [0.3, 0.4) is 0 Å². The lowest BCUT2D eigenvalue weighted by Crippen LogP contribution is -2.65. The van der Waals surface area contributed by atoms with Crippen LogP contribution in [0.1, 0.15) is 177 Å². The number of nitrogens with two attached hydrogens (primary N) is 5. The number of carbonyl (C=O) groups excluding carboxylic acids is 16. The summed E-state index contributed by atoms with van der Waals surface area (Å²) in [5.41, 5.74) is 28.1. The molecule has 0 aromatic rings. The number of esters is 1. The lowest BCUT2D eigenvalue weighted by Gasteiger charge is -2.38. The van der Waals surface area contributed by atoms with Gasteiger partial charge in [0.15, 0.2) is 12.2 Å². The van der Waals surface area contributed by atoms with Gasteiger partial charge in [-0.05, 0) is 103 Å². The first-order valence-corrected chi connectivity index (χ1v) is 36.5. The molecule has 41 heteroatoms. The monoisotopic (exact) mass is 1550 g/mol. The molecule has 109 heavy (non-hydrogen) atoms. The Morgan fingerprint density at radius 2 is 1.24 bits per heavy atom. The fourth-order valence-electron chi connectivity index (χ4n) is 12.2. The third-order valence-electron chi connectivity index (χ3n) is 18.6. The van der Waals surface area contributed by atoms with Gasteiger partial charge in [-0.25, -0.2) is 4.79 Å². The molecule has 0 bridgehead atoms. The number of aliphatic hydroxyl groups excluding tert-OH is 3. The lowest BCUT2D eigenvalue weighted by atomic mass is 9.87. The molecule has 15 amide bonds. The fraction of sp³-hybridized carbons (Fsp3) is 0.735. The Bertz CT molecular complexity index is 3200. The van der Waals surface area contributed by atoms with Gasteiger partial charge in [-0.15, -0.1) is 0 Å². The van der Waals surface area contributed by atoms with Crippen molar-refractivity contribution in [2.24, 2.45) is 46.4 Å². The maximum Gasteiger partial charge on any atom is 0.329 e. The van der Waals surface area contributed by atoms with Gasteiger partial charge in [-0.1, -0.05) is 60.3 Å². The number of amides is 15. The smallest absolute Gasteiger partial charge is 0.329 e. The number of unbranched alkanes of at least 4 members (excludes halogenated alkanes) is 5. The van der Waals surface area contributed by atoms with Crippen LogP contribution >= 0.6 is 0 Å². The third-order valence-corrected chi connectivity index (χ3v) is 18.6. The minimum Gasteiger partial charge on any atom is -0.481 e. The van der Waals surface area contributed by atoms with Gasteiger partial charge in [-0.3, -0.25) is 81.5 Å². The molecule has 2 heterocycles. The van der Waals surface area contributed by atoms with Crippen LogP contribution in [-0.2, 0) is 95.8 Å². The first-order chi connectivity index (χ1) is 51.0. The molecule has 0 radical (unpaired) electrons. The lowest BCUT2D eigenvalue weighted by molar-refractivity contribution is -0.164. The zero-order valence-corrected chi connectivity index (χ0v) is 63.2. The van der Waals surface area contributed by atoms with Crippen LogP contribution in [0.25, 0.3) is 0 Å². The number of nitrogens with one attached hydrogen (secondary N) is 9. The van der Waals surface area contributed by atoms with Crippen molar-refractivity contribution in [1.82, 2.24) is 57.7 Å². The van der Waals surface area contributed by atoms with Crippen LogP contribution < -0.4 is 76.5 Å². The number of carboxylic acids is 2. The highest BCUT2D eigenvalue weighted by atomic mass is 16.5. The van der Waals surface area contributed by atoms with E-state index in [1.165, 1.54) is 20.8 Å². The first kappa shape index (κ1) is 95.3. The summed E-state index contributed by atoms with van der Waals surface area (Å²) < 4.78 is 11.4. The number of nitrogens with zero attached hydrogens (tertiary/aromatic N) is 2. The SMILES string of the molecule is CCCCCCCC(=O)NC(CC(=O)O)C(=O)NC(CCC(N)=O)C(O)C(O)C(=O)NC(C(=O)NC1C(=O)NC(C(C)O)C(=O)NC(CCCCN)C(=O)NC(CC(C)C)C(=O)N(C)C(CCC(N)=O)C(=O)NC(C(OCC)C(N)=O)C(=O)NC(CC(=O)O)C(=O)N2CCCCC2C(=O)OC1C)C(C)C(C)C(N)=O. The molecule has 0 aliphatic carbocycles. The third kappa shape index (κ3) is 31.4. The van der Waals surface area contributed by atoms with Crippen molar-refractivity contribution in [3.8, 4) is 0 Å². The number of hydrogen-bond acceptors (Lipinski definition) is 24. The van der Waals surface area contributed by atoms with Crippen molar-refractivity contribution in [3.05, 3.63) is 0 Å². The second kappa shape index (κ2) is 47.2. The van der Waals surface area contributed by atoms with Crippen LogP contribution in [0, 0.1) is 17.8 Å². The Balaban J connectivity index is 3.08. The van der Waals surface area contributed by atoms with Gasteiger partial charge in [-0.2, -0.15) is 0 Å². The number of aliphatic carboxylic acids is 2. The molecular weight excluding hydrogens is 1440 g/mol. The number of fused-ring (bicyclic) bond motifs is 1. The molecule has 2 rings (SSSR count). The minimum absolute atomic E-state index is 0.0654. The van der Waals surface area contributed by atoms with Crippen LogP contribution in [0.5, 0.6) is 0 Å². The number of likely N-dealkylation sites (N-methyl/N-ethyl adjacent to an activating group) is 1. The number of carbonyl (C=O) groups is 18. The first-order valence-electron chi connectivity index (χ1n) is 36.5. The van der Waals surface area contributed by atoms with E-state index < -0.39 is 260 Å². The number of primary amides is 4.